The van der Waals surface area contributed by atoms with Crippen LogP contribution >= 0.6 is 0 Å². The molecule has 1 amide bonds. The van der Waals surface area contributed by atoms with Gasteiger partial charge in [-0.3, -0.25) is 9.69 Å². The smallest absolute Gasteiger partial charge is 0.338 e. The number of benzene rings is 1. The summed E-state index contributed by atoms with van der Waals surface area (Å²) in [6, 6.07) is 7.66. The SMILES string of the molecule is CC1CN(Cc2ccc(C(=O)OCC(=O)NC3CCCCCC3)cc2)CC(C)O1. The van der Waals surface area contributed by atoms with Crippen molar-refractivity contribution in [2.75, 3.05) is 19.7 Å². The van der Waals surface area contributed by atoms with Gasteiger partial charge in [-0.15, -0.1) is 0 Å². The zero-order valence-corrected chi connectivity index (χ0v) is 17.7. The highest BCUT2D eigenvalue weighted by Crippen LogP contribution is 2.17. The van der Waals surface area contributed by atoms with E-state index in [1.807, 2.05) is 12.1 Å². The first kappa shape index (κ1) is 21.8. The van der Waals surface area contributed by atoms with Gasteiger partial charge in [-0.05, 0) is 44.4 Å². The van der Waals surface area contributed by atoms with E-state index in [4.69, 9.17) is 9.47 Å². The molecule has 1 aromatic carbocycles. The molecule has 6 nitrogen and oxygen atoms in total. The molecule has 0 radical (unpaired) electrons. The molecule has 3 rings (SSSR count). The summed E-state index contributed by atoms with van der Waals surface area (Å²) >= 11 is 0. The number of carbonyl (C=O) groups is 2. The van der Waals surface area contributed by atoms with Gasteiger partial charge in [0.05, 0.1) is 17.8 Å². The Morgan fingerprint density at radius 2 is 1.66 bits per heavy atom. The average Bonchev–Trinajstić information content (AvgIpc) is 2.94. The third-order valence-electron chi connectivity index (χ3n) is 5.65. The Labute approximate surface area is 173 Å². The third-order valence-corrected chi connectivity index (χ3v) is 5.65. The van der Waals surface area contributed by atoms with Crippen molar-refractivity contribution in [2.24, 2.45) is 0 Å². The minimum atomic E-state index is -0.457. The molecule has 2 atom stereocenters. The fourth-order valence-electron chi connectivity index (χ4n) is 4.33. The fraction of sp³-hybridized carbons (Fsp3) is 0.652. The van der Waals surface area contributed by atoms with Gasteiger partial charge in [0.15, 0.2) is 6.61 Å². The van der Waals surface area contributed by atoms with Crippen molar-refractivity contribution in [1.82, 2.24) is 10.2 Å². The maximum absolute atomic E-state index is 12.3. The quantitative estimate of drug-likeness (QED) is 0.584. The summed E-state index contributed by atoms with van der Waals surface area (Å²) in [5.41, 5.74) is 1.62. The van der Waals surface area contributed by atoms with Crippen LogP contribution in [0.25, 0.3) is 0 Å². The number of ether oxygens (including phenoxy) is 2. The Bertz CT molecular complexity index is 658. The third kappa shape index (κ3) is 7.12. The molecule has 0 bridgehead atoms. The molecule has 1 aromatic rings. The predicted octanol–water partition coefficient (Wildman–Crippen LogP) is 3.29. The van der Waals surface area contributed by atoms with E-state index in [-0.39, 0.29) is 30.8 Å². The van der Waals surface area contributed by atoms with Crippen LogP contribution in [0.5, 0.6) is 0 Å². The van der Waals surface area contributed by atoms with Crippen molar-refractivity contribution >= 4 is 11.9 Å². The normalized spacial score (nSPS) is 23.9. The standard InChI is InChI=1S/C23H34N2O4/c1-17-13-25(14-18(2)29-17)15-19-9-11-20(12-10-19)23(27)28-16-22(26)24-21-7-5-3-4-6-8-21/h9-12,17-18,21H,3-8,13-16H2,1-2H3,(H,24,26). The zero-order chi connectivity index (χ0) is 20.6. The molecule has 1 N–H and O–H groups in total. The summed E-state index contributed by atoms with van der Waals surface area (Å²) in [5, 5.41) is 3.00. The van der Waals surface area contributed by atoms with Crippen LogP contribution in [0.4, 0.5) is 0 Å². The molecule has 0 aromatic heterocycles. The molecule has 1 aliphatic carbocycles. The molecule has 1 heterocycles. The summed E-state index contributed by atoms with van der Waals surface area (Å²) < 4.78 is 11.0. The van der Waals surface area contributed by atoms with Crippen LogP contribution in [0.2, 0.25) is 0 Å². The minimum Gasteiger partial charge on any atom is -0.452 e. The molecule has 2 unspecified atom stereocenters. The lowest BCUT2D eigenvalue weighted by atomic mass is 10.1. The molecule has 6 heteroatoms. The summed E-state index contributed by atoms with van der Waals surface area (Å²) in [4.78, 5) is 26.7. The van der Waals surface area contributed by atoms with Gasteiger partial charge in [0.25, 0.3) is 5.91 Å². The van der Waals surface area contributed by atoms with Crippen molar-refractivity contribution in [3.63, 3.8) is 0 Å². The molecule has 1 saturated carbocycles. The van der Waals surface area contributed by atoms with Crippen LogP contribution in [0, 0.1) is 0 Å². The maximum Gasteiger partial charge on any atom is 0.338 e. The van der Waals surface area contributed by atoms with Crippen LogP contribution < -0.4 is 5.32 Å². The number of morpholine rings is 1. The Kier molecular flexibility index (Phi) is 8.07. The summed E-state index contributed by atoms with van der Waals surface area (Å²) in [7, 11) is 0. The van der Waals surface area contributed by atoms with Crippen LogP contribution in [0.3, 0.4) is 0 Å². The van der Waals surface area contributed by atoms with E-state index in [0.717, 1.165) is 50.9 Å². The number of hydrogen-bond donors (Lipinski definition) is 1. The topological polar surface area (TPSA) is 67.9 Å². The molecule has 2 fully saturated rings. The molecular weight excluding hydrogens is 368 g/mol. The summed E-state index contributed by atoms with van der Waals surface area (Å²) in [5.74, 6) is -0.668. The van der Waals surface area contributed by atoms with Crippen molar-refractivity contribution in [1.29, 1.82) is 0 Å². The van der Waals surface area contributed by atoms with Gasteiger partial charge in [0, 0.05) is 25.7 Å². The molecule has 29 heavy (non-hydrogen) atoms. The Morgan fingerprint density at radius 1 is 1.03 bits per heavy atom. The average molecular weight is 403 g/mol. The van der Waals surface area contributed by atoms with Gasteiger partial charge in [-0.1, -0.05) is 37.8 Å². The van der Waals surface area contributed by atoms with E-state index in [0.29, 0.717) is 5.56 Å². The second-order valence-corrected chi connectivity index (χ2v) is 8.48. The number of nitrogens with zero attached hydrogens (tertiary/aromatic N) is 1. The molecule has 0 spiro atoms. The van der Waals surface area contributed by atoms with Crippen molar-refractivity contribution in [3.8, 4) is 0 Å². The number of hydrogen-bond acceptors (Lipinski definition) is 5. The van der Waals surface area contributed by atoms with E-state index in [2.05, 4.69) is 24.1 Å². The van der Waals surface area contributed by atoms with E-state index in [1.54, 1.807) is 12.1 Å². The predicted molar refractivity (Wildman–Crippen MR) is 112 cm³/mol. The molecule has 1 aliphatic heterocycles. The lowest BCUT2D eigenvalue weighted by molar-refractivity contribution is -0.125. The van der Waals surface area contributed by atoms with Crippen molar-refractivity contribution in [3.05, 3.63) is 35.4 Å². The number of nitrogens with one attached hydrogen (secondary N) is 1. The lowest BCUT2D eigenvalue weighted by Crippen LogP contribution is -2.44. The first-order valence-corrected chi connectivity index (χ1v) is 10.9. The Morgan fingerprint density at radius 3 is 2.28 bits per heavy atom. The highest BCUT2D eigenvalue weighted by molar-refractivity contribution is 5.91. The van der Waals surface area contributed by atoms with E-state index >= 15 is 0 Å². The van der Waals surface area contributed by atoms with E-state index in [9.17, 15) is 9.59 Å². The highest BCUT2D eigenvalue weighted by Gasteiger charge is 2.22. The summed E-state index contributed by atoms with van der Waals surface area (Å²) in [6.45, 7) is 6.60. The number of amides is 1. The number of rotatable bonds is 6. The molecule has 2 aliphatic rings. The fourth-order valence-corrected chi connectivity index (χ4v) is 4.33. The lowest BCUT2D eigenvalue weighted by Gasteiger charge is -2.35. The Balaban J connectivity index is 1.43. The van der Waals surface area contributed by atoms with Gasteiger partial charge in [-0.25, -0.2) is 4.79 Å². The van der Waals surface area contributed by atoms with Gasteiger partial charge in [-0.2, -0.15) is 0 Å². The molecule has 1 saturated heterocycles. The number of esters is 1. The van der Waals surface area contributed by atoms with E-state index in [1.165, 1.54) is 12.8 Å². The molecular formula is C23H34N2O4. The molecule has 160 valence electrons. The largest absolute Gasteiger partial charge is 0.452 e. The van der Waals surface area contributed by atoms with Crippen molar-refractivity contribution in [2.45, 2.75) is 77.2 Å². The van der Waals surface area contributed by atoms with E-state index < -0.39 is 5.97 Å². The minimum absolute atomic E-state index is 0.211. The van der Waals surface area contributed by atoms with Gasteiger partial charge in [0.1, 0.15) is 0 Å². The van der Waals surface area contributed by atoms with Crippen LogP contribution in [0.1, 0.15) is 68.3 Å². The first-order valence-electron chi connectivity index (χ1n) is 10.9. The Hall–Kier alpha value is -1.92. The second kappa shape index (κ2) is 10.7. The highest BCUT2D eigenvalue weighted by atomic mass is 16.5. The van der Waals surface area contributed by atoms with Crippen LogP contribution in [-0.2, 0) is 20.8 Å². The monoisotopic (exact) mass is 402 g/mol. The second-order valence-electron chi connectivity index (χ2n) is 8.48. The van der Waals surface area contributed by atoms with Gasteiger partial charge < -0.3 is 14.8 Å². The van der Waals surface area contributed by atoms with Gasteiger partial charge in [0.2, 0.25) is 0 Å². The van der Waals surface area contributed by atoms with Gasteiger partial charge >= 0.3 is 5.97 Å². The summed E-state index contributed by atoms with van der Waals surface area (Å²) in [6.07, 6.45) is 7.28. The zero-order valence-electron chi connectivity index (χ0n) is 17.7. The van der Waals surface area contributed by atoms with Crippen LogP contribution in [0.15, 0.2) is 24.3 Å². The van der Waals surface area contributed by atoms with Crippen molar-refractivity contribution < 1.29 is 19.1 Å². The van der Waals surface area contributed by atoms with Crippen LogP contribution in [-0.4, -0.2) is 54.7 Å². The maximum atomic E-state index is 12.3. The first-order chi connectivity index (χ1) is 14.0. The number of carbonyl (C=O) groups excluding carboxylic acids is 2.